The molecule has 6 rings (SSSR count). The van der Waals surface area contributed by atoms with Gasteiger partial charge >= 0.3 is 5.63 Å². The van der Waals surface area contributed by atoms with Gasteiger partial charge in [-0.2, -0.15) is 0 Å². The number of hydrogen-bond acceptors (Lipinski definition) is 6. The maximum atomic E-state index is 12.3. The van der Waals surface area contributed by atoms with Crippen LogP contribution in [0.3, 0.4) is 0 Å². The van der Waals surface area contributed by atoms with Gasteiger partial charge < -0.3 is 4.42 Å². The van der Waals surface area contributed by atoms with E-state index >= 15 is 0 Å². The van der Waals surface area contributed by atoms with E-state index in [2.05, 4.69) is 38.8 Å². The Kier molecular flexibility index (Phi) is 5.73. The Morgan fingerprint density at radius 3 is 2.76 bits per heavy atom. The third-order valence-corrected chi connectivity index (χ3v) is 8.37. The zero-order valence-corrected chi connectivity index (χ0v) is 20.2. The Labute approximate surface area is 202 Å². The lowest BCUT2D eigenvalue weighted by molar-refractivity contribution is 0.247. The average Bonchev–Trinajstić information content (AvgIpc) is 3.48. The molecule has 0 saturated heterocycles. The van der Waals surface area contributed by atoms with Gasteiger partial charge in [-0.15, -0.1) is 10.2 Å². The van der Waals surface area contributed by atoms with E-state index in [1.807, 2.05) is 18.3 Å². The van der Waals surface area contributed by atoms with Gasteiger partial charge in [-0.3, -0.25) is 9.55 Å². The number of hydrogen-bond donors (Lipinski definition) is 0. The Morgan fingerprint density at radius 2 is 1.94 bits per heavy atom. The summed E-state index contributed by atoms with van der Waals surface area (Å²) in [6, 6.07) is 10.3. The highest BCUT2D eigenvalue weighted by molar-refractivity contribution is 7.98. The molecule has 6 nitrogen and oxygen atoms in total. The SMILES string of the molecule is C[C@H]1CCCC[C@H]1n1c(SCc2cc(=O)oc3cc4c(cc23)CCC4)nnc1-c1cccnc1. The number of nitrogens with zero attached hydrogens (tertiary/aromatic N) is 4. The monoisotopic (exact) mass is 472 g/mol. The van der Waals surface area contributed by atoms with Crippen molar-refractivity contribution >= 4 is 22.7 Å². The van der Waals surface area contributed by atoms with E-state index in [-0.39, 0.29) is 5.63 Å². The first-order valence-electron chi connectivity index (χ1n) is 12.2. The van der Waals surface area contributed by atoms with Crippen LogP contribution in [0.4, 0.5) is 0 Å². The predicted octanol–water partition coefficient (Wildman–Crippen LogP) is 5.98. The van der Waals surface area contributed by atoms with Crippen LogP contribution in [0.2, 0.25) is 0 Å². The molecule has 1 fully saturated rings. The highest BCUT2D eigenvalue weighted by atomic mass is 32.2. The minimum Gasteiger partial charge on any atom is -0.423 e. The second-order valence-electron chi connectivity index (χ2n) is 9.60. The van der Waals surface area contributed by atoms with Crippen molar-refractivity contribution in [1.82, 2.24) is 19.7 Å². The molecule has 0 unspecified atom stereocenters. The van der Waals surface area contributed by atoms with Gasteiger partial charge in [0, 0.05) is 41.2 Å². The lowest BCUT2D eigenvalue weighted by Crippen LogP contribution is -2.22. The van der Waals surface area contributed by atoms with E-state index in [1.54, 1.807) is 24.0 Å². The minimum absolute atomic E-state index is 0.292. The van der Waals surface area contributed by atoms with Gasteiger partial charge in [-0.1, -0.05) is 31.5 Å². The summed E-state index contributed by atoms with van der Waals surface area (Å²) in [5.74, 6) is 2.09. The van der Waals surface area contributed by atoms with Crippen LogP contribution in [-0.4, -0.2) is 19.7 Å². The Bertz CT molecular complexity index is 1400. The molecule has 0 aliphatic heterocycles. The highest BCUT2D eigenvalue weighted by Gasteiger charge is 2.29. The van der Waals surface area contributed by atoms with Crippen LogP contribution in [0, 0.1) is 5.92 Å². The molecule has 0 amide bonds. The molecule has 4 aromatic rings. The lowest BCUT2D eigenvalue weighted by atomic mass is 9.85. The largest absolute Gasteiger partial charge is 0.423 e. The molecule has 0 radical (unpaired) electrons. The minimum atomic E-state index is -0.292. The van der Waals surface area contributed by atoms with Crippen molar-refractivity contribution in [2.45, 2.75) is 68.8 Å². The maximum Gasteiger partial charge on any atom is 0.336 e. The van der Waals surface area contributed by atoms with Gasteiger partial charge in [0.2, 0.25) is 0 Å². The number of fused-ring (bicyclic) bond motifs is 2. The van der Waals surface area contributed by atoms with Crippen molar-refractivity contribution in [2.24, 2.45) is 5.92 Å². The van der Waals surface area contributed by atoms with Crippen LogP contribution in [0.25, 0.3) is 22.4 Å². The molecule has 174 valence electrons. The predicted molar refractivity (Wildman–Crippen MR) is 134 cm³/mol. The molecule has 3 aromatic heterocycles. The normalized spacial score (nSPS) is 20.0. The lowest BCUT2D eigenvalue weighted by Gasteiger charge is -2.31. The third kappa shape index (κ3) is 3.96. The maximum absolute atomic E-state index is 12.3. The summed E-state index contributed by atoms with van der Waals surface area (Å²) in [6.07, 6.45) is 11.8. The molecular formula is C27H28N4O2S. The molecule has 2 aliphatic rings. The first-order valence-corrected chi connectivity index (χ1v) is 13.2. The van der Waals surface area contributed by atoms with Crippen LogP contribution in [-0.2, 0) is 18.6 Å². The number of benzene rings is 1. The first kappa shape index (κ1) is 21.6. The van der Waals surface area contributed by atoms with Gasteiger partial charge in [0.1, 0.15) is 5.58 Å². The van der Waals surface area contributed by atoms with E-state index in [4.69, 9.17) is 4.42 Å². The Balaban J connectivity index is 1.38. The van der Waals surface area contributed by atoms with Crippen LogP contribution >= 0.6 is 11.8 Å². The topological polar surface area (TPSA) is 73.8 Å². The number of rotatable bonds is 5. The fourth-order valence-electron chi connectivity index (χ4n) is 5.60. The Hall–Kier alpha value is -2.93. The number of aromatic nitrogens is 4. The molecule has 2 atom stereocenters. The van der Waals surface area contributed by atoms with Crippen molar-refractivity contribution in [2.75, 3.05) is 0 Å². The fraction of sp³-hybridized carbons (Fsp3) is 0.407. The summed E-state index contributed by atoms with van der Waals surface area (Å²) in [5, 5.41) is 11.2. The first-order chi connectivity index (χ1) is 16.7. The molecule has 1 saturated carbocycles. The van der Waals surface area contributed by atoms with E-state index in [0.717, 1.165) is 46.8 Å². The van der Waals surface area contributed by atoms with E-state index < -0.39 is 0 Å². The van der Waals surface area contributed by atoms with Crippen LogP contribution in [0.5, 0.6) is 0 Å². The second kappa shape index (κ2) is 9.02. The molecule has 1 aromatic carbocycles. The summed E-state index contributed by atoms with van der Waals surface area (Å²) in [5.41, 5.74) is 5.08. The van der Waals surface area contributed by atoms with Gasteiger partial charge in [-0.25, -0.2) is 4.79 Å². The third-order valence-electron chi connectivity index (χ3n) is 7.38. The summed E-state index contributed by atoms with van der Waals surface area (Å²) in [7, 11) is 0. The smallest absolute Gasteiger partial charge is 0.336 e. The zero-order chi connectivity index (χ0) is 23.1. The van der Waals surface area contributed by atoms with Crippen LogP contribution in [0.1, 0.15) is 61.8 Å². The highest BCUT2D eigenvalue weighted by Crippen LogP contribution is 2.40. The quantitative estimate of drug-likeness (QED) is 0.263. The molecule has 34 heavy (non-hydrogen) atoms. The standard InChI is InChI=1S/C27H28N4O2S/c1-17-6-2-3-10-23(17)31-26(20-9-5-11-28-15-20)29-30-27(31)34-16-21-14-25(32)33-24-13-19-8-4-7-18(19)12-22(21)24/h5,9,11-15,17,23H,2-4,6-8,10,16H2,1H3/t17-,23+/m0/s1. The van der Waals surface area contributed by atoms with Gasteiger partial charge in [-0.05, 0) is 79.0 Å². The van der Waals surface area contributed by atoms with Crippen molar-refractivity contribution in [3.05, 3.63) is 69.8 Å². The van der Waals surface area contributed by atoms with E-state index in [0.29, 0.717) is 23.3 Å². The van der Waals surface area contributed by atoms with Gasteiger partial charge in [0.15, 0.2) is 11.0 Å². The van der Waals surface area contributed by atoms with Crippen molar-refractivity contribution in [3.8, 4) is 11.4 Å². The molecule has 0 bridgehead atoms. The molecular weight excluding hydrogens is 444 g/mol. The number of pyridine rings is 1. The summed E-state index contributed by atoms with van der Waals surface area (Å²) in [4.78, 5) is 16.7. The molecule has 3 heterocycles. The Morgan fingerprint density at radius 1 is 1.09 bits per heavy atom. The molecule has 0 N–H and O–H groups in total. The van der Waals surface area contributed by atoms with Gasteiger partial charge in [0.05, 0.1) is 0 Å². The zero-order valence-electron chi connectivity index (χ0n) is 19.4. The van der Waals surface area contributed by atoms with Crippen LogP contribution in [0.15, 0.2) is 57.1 Å². The summed E-state index contributed by atoms with van der Waals surface area (Å²) in [6.45, 7) is 2.34. The summed E-state index contributed by atoms with van der Waals surface area (Å²) >= 11 is 1.66. The molecule has 7 heteroatoms. The van der Waals surface area contributed by atoms with Crippen molar-refractivity contribution < 1.29 is 4.42 Å². The van der Waals surface area contributed by atoms with Crippen molar-refractivity contribution in [3.63, 3.8) is 0 Å². The molecule has 0 spiro atoms. The van der Waals surface area contributed by atoms with Crippen molar-refractivity contribution in [1.29, 1.82) is 0 Å². The molecule has 2 aliphatic carbocycles. The second-order valence-corrected chi connectivity index (χ2v) is 10.5. The van der Waals surface area contributed by atoms with E-state index in [1.165, 1.54) is 36.8 Å². The van der Waals surface area contributed by atoms with Crippen LogP contribution < -0.4 is 5.63 Å². The number of thioether (sulfide) groups is 1. The summed E-state index contributed by atoms with van der Waals surface area (Å²) < 4.78 is 7.90. The van der Waals surface area contributed by atoms with Gasteiger partial charge in [0.25, 0.3) is 0 Å². The number of aryl methyl sites for hydroxylation is 2. The average molecular weight is 473 g/mol. The fourth-order valence-corrected chi connectivity index (χ4v) is 6.59. The van der Waals surface area contributed by atoms with E-state index in [9.17, 15) is 4.79 Å².